The van der Waals surface area contributed by atoms with Gasteiger partial charge < -0.3 is 10.1 Å². The second kappa shape index (κ2) is 9.30. The topological polar surface area (TPSA) is 67.9 Å². The fourth-order valence-corrected chi connectivity index (χ4v) is 3.09. The SMILES string of the molecule is CON(C)C(=O)C1Cc2cccc(c2)/C=C/COCc2ccccc2C(=O)N1. The average Bonchev–Trinajstić information content (AvgIpc) is 2.72. The number of nitrogens with one attached hydrogen (secondary N) is 1. The largest absolute Gasteiger partial charge is 0.373 e. The molecule has 0 aromatic heterocycles. The highest BCUT2D eigenvalue weighted by Crippen LogP contribution is 2.15. The predicted molar refractivity (Wildman–Crippen MR) is 106 cm³/mol. The van der Waals surface area contributed by atoms with E-state index in [0.29, 0.717) is 25.2 Å². The molecule has 1 unspecified atom stereocenters. The molecule has 2 aromatic carbocycles. The van der Waals surface area contributed by atoms with Gasteiger partial charge in [-0.05, 0) is 22.8 Å². The Morgan fingerprint density at radius 3 is 2.86 bits per heavy atom. The normalized spacial score (nSPS) is 18.4. The number of ether oxygens (including phenoxy) is 1. The van der Waals surface area contributed by atoms with E-state index in [-0.39, 0.29) is 11.8 Å². The van der Waals surface area contributed by atoms with Gasteiger partial charge in [-0.3, -0.25) is 14.4 Å². The molecule has 0 spiro atoms. The minimum absolute atomic E-state index is 0.310. The monoisotopic (exact) mass is 380 g/mol. The molecule has 0 saturated heterocycles. The summed E-state index contributed by atoms with van der Waals surface area (Å²) in [6.45, 7) is 0.754. The van der Waals surface area contributed by atoms with Crippen LogP contribution in [0.5, 0.6) is 0 Å². The van der Waals surface area contributed by atoms with E-state index in [1.165, 1.54) is 14.2 Å². The van der Waals surface area contributed by atoms with Crippen LogP contribution in [0, 0.1) is 0 Å². The summed E-state index contributed by atoms with van der Waals surface area (Å²) in [6.07, 6.45) is 4.28. The van der Waals surface area contributed by atoms with Crippen molar-refractivity contribution in [2.45, 2.75) is 19.1 Å². The number of rotatable bonds is 2. The molecular weight excluding hydrogens is 356 g/mol. The van der Waals surface area contributed by atoms with Gasteiger partial charge in [-0.25, -0.2) is 5.06 Å². The molecule has 1 atom stereocenters. The average molecular weight is 380 g/mol. The summed E-state index contributed by atoms with van der Waals surface area (Å²) in [4.78, 5) is 30.7. The van der Waals surface area contributed by atoms with Gasteiger partial charge in [0, 0.05) is 19.0 Å². The van der Waals surface area contributed by atoms with E-state index >= 15 is 0 Å². The Kier molecular flexibility index (Phi) is 6.57. The third-order valence-corrected chi connectivity index (χ3v) is 4.62. The number of fused-ring (bicyclic) bond motifs is 3. The highest BCUT2D eigenvalue weighted by Gasteiger charge is 2.26. The first-order valence-corrected chi connectivity index (χ1v) is 9.12. The van der Waals surface area contributed by atoms with Crippen LogP contribution in [0.15, 0.2) is 54.6 Å². The molecule has 6 heteroatoms. The first kappa shape index (κ1) is 19.8. The summed E-state index contributed by atoms with van der Waals surface area (Å²) in [6, 6.07) is 14.3. The lowest BCUT2D eigenvalue weighted by molar-refractivity contribution is -0.170. The van der Waals surface area contributed by atoms with E-state index in [0.717, 1.165) is 21.8 Å². The third kappa shape index (κ3) is 4.85. The first-order valence-electron chi connectivity index (χ1n) is 9.12. The summed E-state index contributed by atoms with van der Waals surface area (Å²) in [5, 5.41) is 4.00. The second-order valence-corrected chi connectivity index (χ2v) is 6.57. The fraction of sp³-hybridized carbons (Fsp3) is 0.273. The molecule has 0 radical (unpaired) electrons. The highest BCUT2D eigenvalue weighted by atomic mass is 16.7. The highest BCUT2D eigenvalue weighted by molar-refractivity contribution is 5.98. The molecule has 2 amide bonds. The smallest absolute Gasteiger partial charge is 0.268 e. The van der Waals surface area contributed by atoms with Gasteiger partial charge in [-0.2, -0.15) is 0 Å². The summed E-state index contributed by atoms with van der Waals surface area (Å²) < 4.78 is 5.69. The van der Waals surface area contributed by atoms with Gasteiger partial charge in [0.25, 0.3) is 11.8 Å². The van der Waals surface area contributed by atoms with Gasteiger partial charge in [-0.15, -0.1) is 0 Å². The number of nitrogens with zero attached hydrogens (tertiary/aromatic N) is 1. The van der Waals surface area contributed by atoms with Gasteiger partial charge >= 0.3 is 0 Å². The van der Waals surface area contributed by atoms with E-state index in [2.05, 4.69) is 5.32 Å². The number of benzene rings is 2. The molecule has 6 nitrogen and oxygen atoms in total. The van der Waals surface area contributed by atoms with E-state index in [4.69, 9.17) is 9.57 Å². The molecule has 1 N–H and O–H groups in total. The van der Waals surface area contributed by atoms with Crippen molar-refractivity contribution in [1.29, 1.82) is 0 Å². The Balaban J connectivity index is 1.98. The van der Waals surface area contributed by atoms with Crippen molar-refractivity contribution in [3.63, 3.8) is 0 Å². The fourth-order valence-electron chi connectivity index (χ4n) is 3.09. The minimum atomic E-state index is -0.756. The van der Waals surface area contributed by atoms with Crippen molar-refractivity contribution >= 4 is 17.9 Å². The Labute approximate surface area is 164 Å². The molecule has 146 valence electrons. The lowest BCUT2D eigenvalue weighted by atomic mass is 10.0. The molecule has 1 heterocycles. The van der Waals surface area contributed by atoms with Crippen LogP contribution in [0.1, 0.15) is 27.0 Å². The number of hydrogen-bond acceptors (Lipinski definition) is 4. The van der Waals surface area contributed by atoms with Gasteiger partial charge in [0.05, 0.1) is 20.3 Å². The molecule has 1 aliphatic heterocycles. The number of hydroxylamine groups is 2. The zero-order valence-corrected chi connectivity index (χ0v) is 16.1. The summed E-state index contributed by atoms with van der Waals surface area (Å²) >= 11 is 0. The zero-order valence-electron chi connectivity index (χ0n) is 16.1. The Hall–Kier alpha value is -2.96. The molecule has 2 aromatic rings. The number of likely N-dealkylation sites (N-methyl/N-ethyl adjacent to an activating group) is 1. The number of amides is 2. The van der Waals surface area contributed by atoms with Crippen molar-refractivity contribution in [3.05, 3.63) is 76.9 Å². The van der Waals surface area contributed by atoms with Gasteiger partial charge in [-0.1, -0.05) is 54.6 Å². The molecule has 0 fully saturated rings. The molecule has 2 bridgehead atoms. The van der Waals surface area contributed by atoms with E-state index in [1.54, 1.807) is 12.1 Å². The first-order chi connectivity index (χ1) is 13.6. The quantitative estimate of drug-likeness (QED) is 0.814. The van der Waals surface area contributed by atoms with Crippen molar-refractivity contribution in [2.24, 2.45) is 0 Å². The van der Waals surface area contributed by atoms with E-state index < -0.39 is 6.04 Å². The van der Waals surface area contributed by atoms with Gasteiger partial charge in [0.15, 0.2) is 0 Å². The Morgan fingerprint density at radius 2 is 2.04 bits per heavy atom. The Bertz CT molecular complexity index is 878. The number of carbonyl (C=O) groups is 2. The summed E-state index contributed by atoms with van der Waals surface area (Å²) in [5.74, 6) is -0.636. The van der Waals surface area contributed by atoms with E-state index in [9.17, 15) is 9.59 Å². The van der Waals surface area contributed by atoms with Crippen LogP contribution in [0.4, 0.5) is 0 Å². The maximum absolute atomic E-state index is 12.9. The van der Waals surface area contributed by atoms with Crippen molar-refractivity contribution in [2.75, 3.05) is 20.8 Å². The van der Waals surface area contributed by atoms with Crippen LogP contribution < -0.4 is 5.32 Å². The lowest BCUT2D eigenvalue weighted by Crippen LogP contribution is -2.48. The molecule has 0 saturated carbocycles. The third-order valence-electron chi connectivity index (χ3n) is 4.62. The van der Waals surface area contributed by atoms with Crippen LogP contribution in [-0.2, 0) is 27.4 Å². The predicted octanol–water partition coefficient (Wildman–Crippen LogP) is 2.59. The van der Waals surface area contributed by atoms with Crippen molar-refractivity contribution < 1.29 is 19.2 Å². The summed E-state index contributed by atoms with van der Waals surface area (Å²) in [5.41, 5.74) is 3.22. The van der Waals surface area contributed by atoms with E-state index in [1.807, 2.05) is 48.6 Å². The Morgan fingerprint density at radius 1 is 1.21 bits per heavy atom. The zero-order chi connectivity index (χ0) is 19.9. The van der Waals surface area contributed by atoms with Crippen LogP contribution in [0.2, 0.25) is 0 Å². The summed E-state index contributed by atoms with van der Waals surface area (Å²) in [7, 11) is 2.95. The molecule has 0 aliphatic carbocycles. The van der Waals surface area contributed by atoms with Gasteiger partial charge in [0.1, 0.15) is 6.04 Å². The molecule has 28 heavy (non-hydrogen) atoms. The maximum Gasteiger partial charge on any atom is 0.268 e. The maximum atomic E-state index is 12.9. The number of hydrogen-bond donors (Lipinski definition) is 1. The number of carbonyl (C=O) groups excluding carboxylic acids is 2. The molecule has 1 aliphatic rings. The van der Waals surface area contributed by atoms with Gasteiger partial charge in [0.2, 0.25) is 0 Å². The second-order valence-electron chi connectivity index (χ2n) is 6.57. The van der Waals surface area contributed by atoms with Crippen LogP contribution in [0.25, 0.3) is 6.08 Å². The molecular formula is C22H24N2O4. The van der Waals surface area contributed by atoms with Crippen LogP contribution >= 0.6 is 0 Å². The van der Waals surface area contributed by atoms with Crippen molar-refractivity contribution in [3.8, 4) is 0 Å². The van der Waals surface area contributed by atoms with Crippen LogP contribution in [-0.4, -0.2) is 43.7 Å². The molecule has 3 rings (SSSR count). The van der Waals surface area contributed by atoms with Crippen LogP contribution in [0.3, 0.4) is 0 Å². The standard InChI is InChI=1S/C22H24N2O4/c1-24(27-2)22(26)20-14-17-8-5-7-16(13-17)9-6-12-28-15-18-10-3-4-11-19(18)21(25)23-20/h3-11,13,20H,12,14-15H2,1-2H3,(H,23,25)/b9-6+. The minimum Gasteiger partial charge on any atom is -0.373 e. The van der Waals surface area contributed by atoms with Crippen molar-refractivity contribution in [1.82, 2.24) is 10.4 Å². The lowest BCUT2D eigenvalue weighted by Gasteiger charge is -2.23.